The minimum atomic E-state index is -2.17. The van der Waals surface area contributed by atoms with Crippen molar-refractivity contribution < 1.29 is 53.0 Å². The van der Waals surface area contributed by atoms with Crippen molar-refractivity contribution >= 4 is 39.9 Å². The van der Waals surface area contributed by atoms with E-state index in [1.54, 1.807) is 6.20 Å². The van der Waals surface area contributed by atoms with Crippen LogP contribution in [0, 0.1) is 23.9 Å². The van der Waals surface area contributed by atoms with E-state index >= 15 is 8.78 Å². The first-order valence-electron chi connectivity index (χ1n) is 15.5. The zero-order valence-electron chi connectivity index (χ0n) is 28.1. The summed E-state index contributed by atoms with van der Waals surface area (Å²) in [5, 5.41) is 39.6. The number of aromatic nitrogens is 6. The van der Waals surface area contributed by atoms with E-state index in [1.807, 2.05) is 6.92 Å². The molecule has 2 aliphatic heterocycles. The number of nitrogens with two attached hydrogens (primary N) is 3. The fourth-order valence-electron chi connectivity index (χ4n) is 5.81. The Morgan fingerprint density at radius 3 is 1.63 bits per heavy atom. The van der Waals surface area contributed by atoms with Gasteiger partial charge in [-0.1, -0.05) is 18.8 Å². The van der Waals surface area contributed by atoms with Gasteiger partial charge in [0.05, 0.1) is 35.1 Å². The lowest BCUT2D eigenvalue weighted by atomic mass is 9.98. The summed E-state index contributed by atoms with van der Waals surface area (Å²) in [6, 6.07) is 0. The average Bonchev–Trinajstić information content (AvgIpc) is 3.80. The van der Waals surface area contributed by atoms with Crippen molar-refractivity contribution in [1.29, 1.82) is 0 Å². The molecule has 10 N–H and O–H groups in total. The molecule has 6 rings (SSSR count). The molecule has 0 amide bonds. The third-order valence-corrected chi connectivity index (χ3v) is 8.32. The molecule has 0 aromatic carbocycles. The monoisotopic (exact) mass is 729 g/mol. The van der Waals surface area contributed by atoms with E-state index in [1.165, 1.54) is 41.8 Å². The number of fused-ring (bicyclic) bond motifs is 2. The number of alkyl halides is 2. The van der Waals surface area contributed by atoms with E-state index in [4.69, 9.17) is 41.0 Å². The molecule has 4 aromatic rings. The first-order chi connectivity index (χ1) is 24.7. The number of nitrogens with zero attached hydrogens (tertiary/aromatic N) is 6. The lowest BCUT2D eigenvalue weighted by Crippen LogP contribution is -2.40. The molecule has 0 spiro atoms. The van der Waals surface area contributed by atoms with Crippen LogP contribution in [0.15, 0.2) is 25.0 Å². The molecule has 6 heterocycles. The van der Waals surface area contributed by atoms with Crippen LogP contribution < -0.4 is 17.2 Å². The number of aliphatic hydroxyl groups excluding tert-OH is 4. The molecule has 4 unspecified atom stereocenters. The van der Waals surface area contributed by atoms with Crippen molar-refractivity contribution in [3.63, 3.8) is 0 Å². The van der Waals surface area contributed by atoms with Gasteiger partial charge < -0.3 is 55.2 Å². The van der Waals surface area contributed by atoms with E-state index in [9.17, 15) is 20.4 Å². The van der Waals surface area contributed by atoms with Gasteiger partial charge in [-0.05, 0) is 19.8 Å². The van der Waals surface area contributed by atoms with Gasteiger partial charge in [-0.15, -0.1) is 0 Å². The third-order valence-electron chi connectivity index (χ3n) is 8.32. The summed E-state index contributed by atoms with van der Waals surface area (Å²) in [6.07, 6.45) is 1.42. The van der Waals surface area contributed by atoms with Crippen LogP contribution >= 0.6 is 0 Å². The maximum atomic E-state index is 15.1. The maximum absolute atomic E-state index is 15.1. The second-order valence-electron chi connectivity index (χ2n) is 11.7. The van der Waals surface area contributed by atoms with Crippen LogP contribution in [-0.4, -0.2) is 111 Å². The molecule has 4 aromatic heterocycles. The van der Waals surface area contributed by atoms with E-state index in [0.29, 0.717) is 34.0 Å². The molecule has 0 aliphatic carbocycles. The highest BCUT2D eigenvalue weighted by atomic mass is 19.1. The predicted molar refractivity (Wildman–Crippen MR) is 176 cm³/mol. The number of anilines is 2. The predicted octanol–water partition coefficient (Wildman–Crippen LogP) is -0.596. The van der Waals surface area contributed by atoms with Crippen molar-refractivity contribution in [3.05, 3.63) is 36.2 Å². The molecule has 20 heteroatoms. The Morgan fingerprint density at radius 2 is 1.27 bits per heavy atom. The van der Waals surface area contributed by atoms with Crippen LogP contribution in [0.3, 0.4) is 0 Å². The van der Waals surface area contributed by atoms with Crippen LogP contribution in [0.25, 0.3) is 22.1 Å². The Morgan fingerprint density at radius 1 is 0.846 bits per heavy atom. The number of ether oxygens (including phenoxy) is 3. The number of rotatable bonds is 5. The highest BCUT2D eigenvalue weighted by Gasteiger charge is 2.56. The standard InChI is InChI=1S/C16H19FN4O3.C15H18FN5O4.CO2/c1-3-4-5-9-6-21(14-11(9)13(18)19-8-20-14)15-16(2,17)12(23)10(7-22)24-15;1-15(16)11(23)9(5-22)25-14(15)21-4-8(2-3-24-6-17)10-12(18)19-7-20-13(10)21;2-1-3/h6,8,10,12,15,22-23H,3,7H2,1-2H3,(H2,18,19,20);4,7,9,11,14,22-23H,5-6,17H2,1H3,(H2,18,19,20);/t10?,12-,15?,16+;9?,11-,14?,15+;/m11./s1. The van der Waals surface area contributed by atoms with Crippen LogP contribution in [0.5, 0.6) is 0 Å². The summed E-state index contributed by atoms with van der Waals surface area (Å²) in [5.74, 6) is 9.00. The fraction of sp³-hybridized carbons (Fsp3) is 0.469. The van der Waals surface area contributed by atoms with E-state index in [0.717, 1.165) is 0 Å². The second kappa shape index (κ2) is 16.4. The van der Waals surface area contributed by atoms with E-state index in [2.05, 4.69) is 43.8 Å². The van der Waals surface area contributed by atoms with Crippen molar-refractivity contribution in [2.45, 2.75) is 75.4 Å². The highest BCUT2D eigenvalue weighted by Crippen LogP contribution is 2.44. The highest BCUT2D eigenvalue weighted by molar-refractivity contribution is 5.93. The number of nitrogen functional groups attached to an aromatic ring is 2. The summed E-state index contributed by atoms with van der Waals surface area (Å²) in [5.41, 5.74) is 14.4. The smallest absolute Gasteiger partial charge is 0.373 e. The molecule has 8 atom stereocenters. The van der Waals surface area contributed by atoms with Crippen molar-refractivity contribution in [2.75, 3.05) is 31.4 Å². The van der Waals surface area contributed by atoms with Crippen LogP contribution in [0.1, 0.15) is 50.8 Å². The van der Waals surface area contributed by atoms with Crippen LogP contribution in [0.4, 0.5) is 20.4 Å². The summed E-state index contributed by atoms with van der Waals surface area (Å²) in [4.78, 5) is 32.4. The van der Waals surface area contributed by atoms with Gasteiger partial charge in [-0.3, -0.25) is 5.73 Å². The summed E-state index contributed by atoms with van der Waals surface area (Å²) in [7, 11) is 0. The zero-order chi connectivity index (χ0) is 38.4. The summed E-state index contributed by atoms with van der Waals surface area (Å²) < 4.78 is 48.8. The van der Waals surface area contributed by atoms with Gasteiger partial charge in [0.25, 0.3) is 0 Å². The lowest BCUT2D eigenvalue weighted by molar-refractivity contribution is -0.191. The minimum absolute atomic E-state index is 0.0870. The number of hydrogen-bond donors (Lipinski definition) is 7. The molecule has 2 fully saturated rings. The molecule has 0 bridgehead atoms. The Kier molecular flexibility index (Phi) is 12.4. The zero-order valence-corrected chi connectivity index (χ0v) is 28.1. The first-order valence-corrected chi connectivity index (χ1v) is 15.5. The molecule has 2 saturated heterocycles. The van der Waals surface area contributed by atoms with Gasteiger partial charge in [-0.25, -0.2) is 28.7 Å². The van der Waals surface area contributed by atoms with Crippen LogP contribution in [0.2, 0.25) is 0 Å². The maximum Gasteiger partial charge on any atom is 0.373 e. The minimum Gasteiger partial charge on any atom is -0.431 e. The molecular formula is C32H37F2N9O9. The third kappa shape index (κ3) is 7.37. The number of halogens is 2. The van der Waals surface area contributed by atoms with Gasteiger partial charge in [0.15, 0.2) is 23.8 Å². The van der Waals surface area contributed by atoms with Crippen LogP contribution in [-0.2, 0) is 23.8 Å². The molecule has 2 aliphatic rings. The Bertz CT molecular complexity index is 2040. The molecular weight excluding hydrogens is 692 g/mol. The van der Waals surface area contributed by atoms with Crippen molar-refractivity contribution in [2.24, 2.45) is 5.73 Å². The first kappa shape index (κ1) is 39.5. The SMILES string of the molecule is CCC#Cc1cn(C2OC(CO)[C@@H](O)[C@]2(C)F)c2ncnc(N)c12.C[C@@]1(F)C(n2cc(C#COCN)c3c(N)ncnc32)OC(CO)[C@H]1O.O=C=O. The average molecular weight is 730 g/mol. The second-order valence-corrected chi connectivity index (χ2v) is 11.7. The molecule has 52 heavy (non-hydrogen) atoms. The number of hydrogen-bond acceptors (Lipinski definition) is 16. The largest absolute Gasteiger partial charge is 0.431 e. The normalized spacial score (nSPS) is 27.7. The van der Waals surface area contributed by atoms with Gasteiger partial charge in [0, 0.05) is 18.8 Å². The van der Waals surface area contributed by atoms with Gasteiger partial charge in [0.1, 0.15) is 72.8 Å². The lowest BCUT2D eigenvalue weighted by Gasteiger charge is -2.25. The Labute approximate surface area is 294 Å². The summed E-state index contributed by atoms with van der Waals surface area (Å²) >= 11 is 0. The quantitative estimate of drug-likeness (QED) is 0.0998. The molecule has 18 nitrogen and oxygen atoms in total. The molecule has 0 saturated carbocycles. The van der Waals surface area contributed by atoms with E-state index in [-0.39, 0.29) is 30.2 Å². The van der Waals surface area contributed by atoms with Gasteiger partial charge in [-0.2, -0.15) is 9.59 Å². The van der Waals surface area contributed by atoms with Gasteiger partial charge in [0.2, 0.25) is 0 Å². The van der Waals surface area contributed by atoms with E-state index < -0.39 is 61.4 Å². The topological polar surface area (TPSA) is 282 Å². The van der Waals surface area contributed by atoms with Crippen molar-refractivity contribution in [1.82, 2.24) is 29.1 Å². The number of carbonyl (C=O) groups excluding carboxylic acids is 2. The van der Waals surface area contributed by atoms with Gasteiger partial charge >= 0.3 is 6.15 Å². The Hall–Kier alpha value is -5.28. The molecule has 278 valence electrons. The fourth-order valence-corrected chi connectivity index (χ4v) is 5.81. The Balaban J connectivity index is 0.000000217. The molecule has 0 radical (unpaired) electrons. The number of aliphatic hydroxyl groups is 4. The summed E-state index contributed by atoms with van der Waals surface area (Å²) in [6.45, 7) is 3.23. The van der Waals surface area contributed by atoms with Crippen molar-refractivity contribution in [3.8, 4) is 23.9 Å².